The highest BCUT2D eigenvalue weighted by Crippen LogP contribution is 2.35. The molecule has 1 aliphatic carbocycles. The maximum Gasteiger partial charge on any atom is 0.359 e. The topological polar surface area (TPSA) is 122 Å². The first kappa shape index (κ1) is 20.7. The molecule has 1 aliphatic rings. The van der Waals surface area contributed by atoms with Crippen LogP contribution in [0.15, 0.2) is 57.0 Å². The molecular formula is C21H19ClN6O3. The van der Waals surface area contributed by atoms with Gasteiger partial charge in [0.25, 0.3) is 5.91 Å². The van der Waals surface area contributed by atoms with E-state index in [1.54, 1.807) is 30.3 Å². The summed E-state index contributed by atoms with van der Waals surface area (Å²) in [5, 5.41) is 15.1. The normalized spacial score (nSPS) is 15.9. The minimum Gasteiger partial charge on any atom is -0.426 e. The summed E-state index contributed by atoms with van der Waals surface area (Å²) in [6.45, 7) is 4.12. The summed E-state index contributed by atoms with van der Waals surface area (Å²) in [5.41, 5.74) is 3.82. The molecule has 31 heavy (non-hydrogen) atoms. The first-order valence-corrected chi connectivity index (χ1v) is 9.89. The van der Waals surface area contributed by atoms with E-state index in [4.69, 9.17) is 16.0 Å². The van der Waals surface area contributed by atoms with Crippen LogP contribution in [-0.4, -0.2) is 26.8 Å². The van der Waals surface area contributed by atoms with Crippen molar-refractivity contribution in [1.82, 2.24) is 15.2 Å². The van der Waals surface area contributed by atoms with E-state index in [-0.39, 0.29) is 16.3 Å². The van der Waals surface area contributed by atoms with Gasteiger partial charge in [-0.15, -0.1) is 10.2 Å². The molecule has 158 valence electrons. The summed E-state index contributed by atoms with van der Waals surface area (Å²) in [4.78, 5) is 28.9. The van der Waals surface area contributed by atoms with E-state index in [2.05, 4.69) is 44.9 Å². The van der Waals surface area contributed by atoms with E-state index in [0.717, 1.165) is 0 Å². The third-order valence-corrected chi connectivity index (χ3v) is 4.95. The predicted molar refractivity (Wildman–Crippen MR) is 116 cm³/mol. The predicted octanol–water partition coefficient (Wildman–Crippen LogP) is 3.52. The van der Waals surface area contributed by atoms with E-state index >= 15 is 0 Å². The largest absolute Gasteiger partial charge is 0.426 e. The quantitative estimate of drug-likeness (QED) is 0.597. The molecule has 0 radical (unpaired) electrons. The SMILES string of the molecule is CC1(C)C/C(=N\Nc2ccc(Cl)nn2)c2cc(NC(=O)c3ccncc3)c(=O)oc2C1. The van der Waals surface area contributed by atoms with Crippen LogP contribution in [0.1, 0.15) is 41.9 Å². The number of pyridine rings is 1. The fourth-order valence-corrected chi connectivity index (χ4v) is 3.41. The van der Waals surface area contributed by atoms with Crippen molar-refractivity contribution in [3.05, 3.63) is 75.2 Å². The molecule has 0 aliphatic heterocycles. The van der Waals surface area contributed by atoms with Crippen LogP contribution in [-0.2, 0) is 6.42 Å². The van der Waals surface area contributed by atoms with E-state index in [9.17, 15) is 9.59 Å². The Bertz CT molecular complexity index is 1210. The summed E-state index contributed by atoms with van der Waals surface area (Å²) < 4.78 is 5.56. The number of hydrazone groups is 1. The zero-order chi connectivity index (χ0) is 22.0. The molecule has 0 unspecified atom stereocenters. The molecule has 0 spiro atoms. The zero-order valence-electron chi connectivity index (χ0n) is 16.8. The van der Waals surface area contributed by atoms with Crippen molar-refractivity contribution in [1.29, 1.82) is 0 Å². The number of hydrogen-bond acceptors (Lipinski definition) is 8. The number of nitrogens with one attached hydrogen (secondary N) is 2. The first-order valence-electron chi connectivity index (χ1n) is 9.51. The van der Waals surface area contributed by atoms with Crippen LogP contribution in [0.25, 0.3) is 0 Å². The number of carbonyl (C=O) groups is 1. The number of hydrogen-bond donors (Lipinski definition) is 2. The van der Waals surface area contributed by atoms with Gasteiger partial charge in [0.15, 0.2) is 11.0 Å². The number of nitrogens with zero attached hydrogens (tertiary/aromatic N) is 4. The Labute approximate surface area is 182 Å². The average molecular weight is 439 g/mol. The highest BCUT2D eigenvalue weighted by Gasteiger charge is 2.32. The molecule has 3 aromatic heterocycles. The maximum absolute atomic E-state index is 12.5. The number of carbonyl (C=O) groups excluding carboxylic acids is 1. The Kier molecular flexibility index (Phi) is 5.51. The van der Waals surface area contributed by atoms with Gasteiger partial charge in [-0.05, 0) is 42.2 Å². The Balaban J connectivity index is 1.67. The molecule has 0 atom stereocenters. The average Bonchev–Trinajstić information content (AvgIpc) is 2.74. The van der Waals surface area contributed by atoms with Gasteiger partial charge in [0.2, 0.25) is 0 Å². The Morgan fingerprint density at radius 2 is 1.94 bits per heavy atom. The highest BCUT2D eigenvalue weighted by atomic mass is 35.5. The molecule has 0 saturated heterocycles. The third kappa shape index (κ3) is 4.77. The molecule has 10 heteroatoms. The van der Waals surface area contributed by atoms with E-state index in [1.165, 1.54) is 12.4 Å². The standard InChI is InChI=1S/C21H19ClN6O3/c1-21(2)10-15(25-27-18-4-3-17(22)26-28-18)13-9-14(20(30)31-16(13)11-21)24-19(29)12-5-7-23-8-6-12/h3-9H,10-11H2,1-2H3,(H,24,29)(H,27,28)/b25-15+. The van der Waals surface area contributed by atoms with Crippen LogP contribution in [0.5, 0.6) is 0 Å². The Hall–Kier alpha value is -3.59. The van der Waals surface area contributed by atoms with Gasteiger partial charge in [-0.1, -0.05) is 25.4 Å². The molecule has 0 fully saturated rings. The van der Waals surface area contributed by atoms with Crippen molar-refractivity contribution in [3.8, 4) is 0 Å². The number of aromatic nitrogens is 3. The van der Waals surface area contributed by atoms with Gasteiger partial charge in [0.1, 0.15) is 11.4 Å². The molecule has 9 nitrogen and oxygen atoms in total. The number of amides is 1. The van der Waals surface area contributed by atoms with Crippen LogP contribution >= 0.6 is 11.6 Å². The lowest BCUT2D eigenvalue weighted by molar-refractivity contribution is 0.102. The van der Waals surface area contributed by atoms with Gasteiger partial charge in [-0.2, -0.15) is 5.10 Å². The monoisotopic (exact) mass is 438 g/mol. The lowest BCUT2D eigenvalue weighted by atomic mass is 9.76. The molecule has 3 aromatic rings. The molecule has 0 saturated carbocycles. The summed E-state index contributed by atoms with van der Waals surface area (Å²) in [6, 6.07) is 7.97. The zero-order valence-corrected chi connectivity index (χ0v) is 17.6. The van der Waals surface area contributed by atoms with Crippen LogP contribution in [0.2, 0.25) is 5.15 Å². The number of anilines is 2. The Morgan fingerprint density at radius 3 is 2.65 bits per heavy atom. The van der Waals surface area contributed by atoms with E-state index < -0.39 is 11.5 Å². The minimum absolute atomic E-state index is 0.0410. The number of fused-ring (bicyclic) bond motifs is 1. The minimum atomic E-state index is -0.616. The van der Waals surface area contributed by atoms with Crippen LogP contribution < -0.4 is 16.4 Å². The molecule has 3 heterocycles. The summed E-state index contributed by atoms with van der Waals surface area (Å²) in [6.07, 6.45) is 4.19. The maximum atomic E-state index is 12.5. The van der Waals surface area contributed by atoms with Gasteiger partial charge >= 0.3 is 5.63 Å². The van der Waals surface area contributed by atoms with E-state index in [1.807, 2.05) is 0 Å². The lowest BCUT2D eigenvalue weighted by Crippen LogP contribution is -2.30. The molecule has 0 bridgehead atoms. The van der Waals surface area contributed by atoms with Crippen molar-refractivity contribution in [3.63, 3.8) is 0 Å². The second kappa shape index (κ2) is 8.27. The van der Waals surface area contributed by atoms with Crippen molar-refractivity contribution >= 4 is 34.7 Å². The van der Waals surface area contributed by atoms with Crippen molar-refractivity contribution in [2.75, 3.05) is 10.7 Å². The number of rotatable bonds is 4. The molecular weight excluding hydrogens is 420 g/mol. The smallest absolute Gasteiger partial charge is 0.359 e. The second-order valence-electron chi connectivity index (χ2n) is 7.90. The molecule has 4 rings (SSSR count). The Morgan fingerprint density at radius 1 is 1.16 bits per heavy atom. The number of halogens is 1. The molecule has 0 aromatic carbocycles. The van der Waals surface area contributed by atoms with Crippen LogP contribution in [0, 0.1) is 5.41 Å². The summed E-state index contributed by atoms with van der Waals surface area (Å²) >= 11 is 5.77. The van der Waals surface area contributed by atoms with Gasteiger partial charge in [-0.25, -0.2) is 4.79 Å². The van der Waals surface area contributed by atoms with Gasteiger partial charge in [-0.3, -0.25) is 15.2 Å². The second-order valence-corrected chi connectivity index (χ2v) is 8.29. The highest BCUT2D eigenvalue weighted by molar-refractivity contribution is 6.29. The van der Waals surface area contributed by atoms with Crippen LogP contribution in [0.3, 0.4) is 0 Å². The van der Waals surface area contributed by atoms with Gasteiger partial charge < -0.3 is 9.73 Å². The third-order valence-electron chi connectivity index (χ3n) is 4.75. The van der Waals surface area contributed by atoms with Crippen LogP contribution in [0.4, 0.5) is 11.5 Å². The lowest BCUT2D eigenvalue weighted by Gasteiger charge is -2.30. The fourth-order valence-electron chi connectivity index (χ4n) is 3.31. The molecule has 1 amide bonds. The molecule has 2 N–H and O–H groups in total. The van der Waals surface area contributed by atoms with Crippen molar-refractivity contribution < 1.29 is 9.21 Å². The van der Waals surface area contributed by atoms with Gasteiger partial charge in [0.05, 0.1) is 5.71 Å². The fraction of sp³-hybridized carbons (Fsp3) is 0.238. The summed E-state index contributed by atoms with van der Waals surface area (Å²) in [5.74, 6) is 0.509. The van der Waals surface area contributed by atoms with Crippen molar-refractivity contribution in [2.24, 2.45) is 10.5 Å². The first-order chi connectivity index (χ1) is 14.8. The summed E-state index contributed by atoms with van der Waals surface area (Å²) in [7, 11) is 0. The van der Waals surface area contributed by atoms with Crippen molar-refractivity contribution in [2.45, 2.75) is 26.7 Å². The van der Waals surface area contributed by atoms with Gasteiger partial charge in [0, 0.05) is 29.9 Å². The van der Waals surface area contributed by atoms with E-state index in [0.29, 0.717) is 41.3 Å².